The molecule has 0 saturated carbocycles. The van der Waals surface area contributed by atoms with Gasteiger partial charge in [0.05, 0.1) is 11.5 Å². The van der Waals surface area contributed by atoms with E-state index in [1.807, 2.05) is 17.9 Å². The standard InChI is InChI=1S/C20H30N2O4S/c1-15(2)18-5-4-16(3)12-19(18)26-13-20(23)22-9-7-21(8-10-22)17-6-11-27(24,25)14-17/h4-5,12,15,17H,6-11,13-14H2,1-3H3/t17-/m0/s1. The van der Waals surface area contributed by atoms with Gasteiger partial charge < -0.3 is 9.64 Å². The summed E-state index contributed by atoms with van der Waals surface area (Å²) in [5, 5.41) is 0. The predicted octanol–water partition coefficient (Wildman–Crippen LogP) is 1.83. The lowest BCUT2D eigenvalue weighted by atomic mass is 10.0. The van der Waals surface area contributed by atoms with Crippen molar-refractivity contribution in [1.82, 2.24) is 9.80 Å². The van der Waals surface area contributed by atoms with Gasteiger partial charge in [0, 0.05) is 32.2 Å². The fraction of sp³-hybridized carbons (Fsp3) is 0.650. The summed E-state index contributed by atoms with van der Waals surface area (Å²) in [5.74, 6) is 1.66. The lowest BCUT2D eigenvalue weighted by Crippen LogP contribution is -2.53. The van der Waals surface area contributed by atoms with Gasteiger partial charge in [-0.2, -0.15) is 0 Å². The van der Waals surface area contributed by atoms with Crippen LogP contribution in [0.2, 0.25) is 0 Å². The molecule has 2 saturated heterocycles. The highest BCUT2D eigenvalue weighted by Gasteiger charge is 2.34. The molecule has 2 fully saturated rings. The summed E-state index contributed by atoms with van der Waals surface area (Å²) in [7, 11) is -2.87. The van der Waals surface area contributed by atoms with Gasteiger partial charge in [-0.05, 0) is 36.5 Å². The summed E-state index contributed by atoms with van der Waals surface area (Å²) in [6.07, 6.45) is 0.713. The van der Waals surface area contributed by atoms with Crippen LogP contribution in [0.15, 0.2) is 18.2 Å². The Morgan fingerprint density at radius 2 is 1.93 bits per heavy atom. The molecule has 0 spiro atoms. The molecule has 2 aliphatic heterocycles. The Balaban J connectivity index is 1.51. The predicted molar refractivity (Wildman–Crippen MR) is 106 cm³/mol. The molecule has 0 aromatic heterocycles. The second kappa shape index (κ2) is 8.19. The average molecular weight is 395 g/mol. The molecule has 150 valence electrons. The summed E-state index contributed by atoms with van der Waals surface area (Å²) in [4.78, 5) is 16.6. The maximum absolute atomic E-state index is 12.6. The Kier molecular flexibility index (Phi) is 6.11. The molecule has 3 rings (SSSR count). The van der Waals surface area contributed by atoms with Gasteiger partial charge in [0.15, 0.2) is 16.4 Å². The summed E-state index contributed by atoms with van der Waals surface area (Å²) >= 11 is 0. The van der Waals surface area contributed by atoms with Crippen molar-refractivity contribution in [2.75, 3.05) is 44.3 Å². The molecule has 0 radical (unpaired) electrons. The van der Waals surface area contributed by atoms with E-state index < -0.39 is 9.84 Å². The maximum atomic E-state index is 12.6. The van der Waals surface area contributed by atoms with E-state index in [1.54, 1.807) is 0 Å². The van der Waals surface area contributed by atoms with Crippen molar-refractivity contribution in [1.29, 1.82) is 0 Å². The van der Waals surface area contributed by atoms with Gasteiger partial charge in [-0.25, -0.2) is 8.42 Å². The zero-order valence-corrected chi connectivity index (χ0v) is 17.3. The summed E-state index contributed by atoms with van der Waals surface area (Å²) in [6, 6.07) is 6.23. The van der Waals surface area contributed by atoms with Crippen LogP contribution >= 0.6 is 0 Å². The Labute approximate surface area is 162 Å². The number of aryl methyl sites for hydroxylation is 1. The van der Waals surface area contributed by atoms with E-state index in [4.69, 9.17) is 4.74 Å². The molecular weight excluding hydrogens is 364 g/mol. The summed E-state index contributed by atoms with van der Waals surface area (Å²) < 4.78 is 29.2. The molecule has 6 nitrogen and oxygen atoms in total. The largest absolute Gasteiger partial charge is 0.483 e. The van der Waals surface area contributed by atoms with Gasteiger partial charge in [-0.1, -0.05) is 26.0 Å². The van der Waals surface area contributed by atoms with E-state index in [9.17, 15) is 13.2 Å². The first-order valence-corrected chi connectivity index (χ1v) is 11.5. The first-order chi connectivity index (χ1) is 12.7. The molecule has 2 heterocycles. The van der Waals surface area contributed by atoms with E-state index in [1.165, 1.54) is 0 Å². The normalized spacial score (nSPS) is 23.0. The van der Waals surface area contributed by atoms with Crippen molar-refractivity contribution in [3.8, 4) is 5.75 Å². The van der Waals surface area contributed by atoms with Gasteiger partial charge in [0.2, 0.25) is 0 Å². The Bertz CT molecular complexity index is 783. The first kappa shape index (κ1) is 20.1. The van der Waals surface area contributed by atoms with Crippen LogP contribution in [0, 0.1) is 6.92 Å². The fourth-order valence-electron chi connectivity index (χ4n) is 3.87. The number of hydrogen-bond donors (Lipinski definition) is 0. The third-order valence-corrected chi connectivity index (χ3v) is 7.28. The molecule has 1 atom stereocenters. The van der Waals surface area contributed by atoms with Crippen molar-refractivity contribution in [3.63, 3.8) is 0 Å². The van der Waals surface area contributed by atoms with Gasteiger partial charge >= 0.3 is 0 Å². The smallest absolute Gasteiger partial charge is 0.260 e. The van der Waals surface area contributed by atoms with Crippen molar-refractivity contribution in [2.24, 2.45) is 0 Å². The minimum Gasteiger partial charge on any atom is -0.483 e. The van der Waals surface area contributed by atoms with Crippen LogP contribution in [0.1, 0.15) is 37.3 Å². The van der Waals surface area contributed by atoms with E-state index >= 15 is 0 Å². The highest BCUT2D eigenvalue weighted by molar-refractivity contribution is 7.91. The van der Waals surface area contributed by atoms with Crippen molar-refractivity contribution in [2.45, 2.75) is 39.2 Å². The number of benzene rings is 1. The topological polar surface area (TPSA) is 66.9 Å². The number of rotatable bonds is 5. The summed E-state index contributed by atoms with van der Waals surface area (Å²) in [6.45, 7) is 9.00. The van der Waals surface area contributed by atoms with Crippen molar-refractivity contribution >= 4 is 15.7 Å². The average Bonchev–Trinajstić information content (AvgIpc) is 2.99. The second-order valence-electron chi connectivity index (χ2n) is 7.96. The second-order valence-corrected chi connectivity index (χ2v) is 10.2. The fourth-order valence-corrected chi connectivity index (χ4v) is 5.64. The summed E-state index contributed by atoms with van der Waals surface area (Å²) in [5.41, 5.74) is 2.22. The zero-order valence-electron chi connectivity index (χ0n) is 16.5. The number of carbonyl (C=O) groups is 1. The monoisotopic (exact) mass is 394 g/mol. The number of nitrogens with zero attached hydrogens (tertiary/aromatic N) is 2. The molecule has 0 unspecified atom stereocenters. The zero-order chi connectivity index (χ0) is 19.6. The van der Waals surface area contributed by atoms with Crippen molar-refractivity contribution in [3.05, 3.63) is 29.3 Å². The molecule has 0 N–H and O–H groups in total. The Morgan fingerprint density at radius 1 is 1.22 bits per heavy atom. The Hall–Kier alpha value is -1.60. The maximum Gasteiger partial charge on any atom is 0.260 e. The van der Waals surface area contributed by atoms with Gasteiger partial charge in [0.25, 0.3) is 5.91 Å². The number of ether oxygens (including phenoxy) is 1. The molecule has 1 aromatic rings. The first-order valence-electron chi connectivity index (χ1n) is 9.71. The molecule has 27 heavy (non-hydrogen) atoms. The number of piperazine rings is 1. The van der Waals surface area contributed by atoms with E-state index in [0.717, 1.165) is 30.0 Å². The number of carbonyl (C=O) groups excluding carboxylic acids is 1. The third kappa shape index (κ3) is 5.02. The highest BCUT2D eigenvalue weighted by atomic mass is 32.2. The lowest BCUT2D eigenvalue weighted by molar-refractivity contribution is -0.135. The van der Waals surface area contributed by atoms with Crippen LogP contribution in [0.4, 0.5) is 0 Å². The van der Waals surface area contributed by atoms with Gasteiger partial charge in [-0.3, -0.25) is 9.69 Å². The molecule has 7 heteroatoms. The highest BCUT2D eigenvalue weighted by Crippen LogP contribution is 2.27. The minimum absolute atomic E-state index is 0.00935. The third-order valence-electron chi connectivity index (χ3n) is 5.53. The van der Waals surface area contributed by atoms with Gasteiger partial charge in [-0.15, -0.1) is 0 Å². The van der Waals surface area contributed by atoms with Crippen LogP contribution in [-0.4, -0.2) is 74.5 Å². The van der Waals surface area contributed by atoms with Crippen LogP contribution in [0.25, 0.3) is 0 Å². The minimum atomic E-state index is -2.87. The lowest BCUT2D eigenvalue weighted by Gasteiger charge is -2.37. The van der Waals surface area contributed by atoms with Crippen LogP contribution in [0.5, 0.6) is 5.75 Å². The van der Waals surface area contributed by atoms with Gasteiger partial charge in [0.1, 0.15) is 5.75 Å². The number of amides is 1. The van der Waals surface area contributed by atoms with E-state index in [-0.39, 0.29) is 24.3 Å². The Morgan fingerprint density at radius 3 is 2.52 bits per heavy atom. The molecule has 0 aliphatic carbocycles. The molecular formula is C20H30N2O4S. The van der Waals surface area contributed by atoms with E-state index in [2.05, 4.69) is 30.9 Å². The van der Waals surface area contributed by atoms with Crippen LogP contribution in [-0.2, 0) is 14.6 Å². The molecule has 1 amide bonds. The molecule has 2 aliphatic rings. The van der Waals surface area contributed by atoms with Crippen LogP contribution in [0.3, 0.4) is 0 Å². The van der Waals surface area contributed by atoms with Crippen LogP contribution < -0.4 is 4.74 Å². The van der Waals surface area contributed by atoms with Crippen molar-refractivity contribution < 1.29 is 17.9 Å². The number of hydrogen-bond acceptors (Lipinski definition) is 5. The number of sulfone groups is 1. The molecule has 0 bridgehead atoms. The quantitative estimate of drug-likeness (QED) is 0.762. The SMILES string of the molecule is Cc1ccc(C(C)C)c(OCC(=O)N2CCN([C@H]3CCS(=O)(=O)C3)CC2)c1. The van der Waals surface area contributed by atoms with E-state index in [0.29, 0.717) is 31.2 Å². The molecule has 1 aromatic carbocycles.